The number of hydrogen-bond acceptors (Lipinski definition) is 5. The van der Waals surface area contributed by atoms with Crippen molar-refractivity contribution in [2.45, 2.75) is 26.4 Å². The Morgan fingerprint density at radius 2 is 2.11 bits per heavy atom. The minimum absolute atomic E-state index is 0.0663. The number of aromatic nitrogens is 5. The average molecular weight is 372 g/mol. The Bertz CT molecular complexity index is 1210. The monoisotopic (exact) mass is 372 g/mol. The maximum absolute atomic E-state index is 12.7. The molecule has 0 aliphatic carbocycles. The van der Waals surface area contributed by atoms with Gasteiger partial charge in [-0.25, -0.2) is 9.97 Å². The number of imidazole rings is 1. The summed E-state index contributed by atoms with van der Waals surface area (Å²) in [7, 11) is 0. The topological polar surface area (TPSA) is 79.2 Å². The van der Waals surface area contributed by atoms with E-state index >= 15 is 0 Å². The Morgan fingerprint density at radius 3 is 2.96 bits per heavy atom. The minimum Gasteiger partial charge on any atom is -0.306 e. The van der Waals surface area contributed by atoms with Crippen molar-refractivity contribution in [2.24, 2.45) is 0 Å². The van der Waals surface area contributed by atoms with Gasteiger partial charge in [0, 0.05) is 50.2 Å². The molecule has 4 aromatic heterocycles. The molecule has 0 aromatic carbocycles. The van der Waals surface area contributed by atoms with Gasteiger partial charge in [-0.2, -0.15) is 0 Å². The maximum Gasteiger partial charge on any atom is 0.255 e. The molecule has 0 saturated carbocycles. The van der Waals surface area contributed by atoms with Crippen LogP contribution in [0.2, 0.25) is 0 Å². The molecule has 5 heterocycles. The molecule has 0 saturated heterocycles. The Balaban J connectivity index is 1.44. The number of rotatable bonds is 3. The Hall–Kier alpha value is -3.32. The lowest BCUT2D eigenvalue weighted by molar-refractivity contribution is 0.238. The number of pyridine rings is 2. The molecule has 0 spiro atoms. The quantitative estimate of drug-likeness (QED) is 0.597. The highest BCUT2D eigenvalue weighted by atomic mass is 16.1. The van der Waals surface area contributed by atoms with Crippen molar-refractivity contribution in [1.82, 2.24) is 29.2 Å². The van der Waals surface area contributed by atoms with E-state index in [0.29, 0.717) is 12.4 Å². The van der Waals surface area contributed by atoms with Crippen LogP contribution >= 0.6 is 0 Å². The maximum atomic E-state index is 12.7. The molecule has 0 fully saturated rings. The largest absolute Gasteiger partial charge is 0.306 e. The molecule has 28 heavy (non-hydrogen) atoms. The zero-order valence-electron chi connectivity index (χ0n) is 15.6. The first-order valence-electron chi connectivity index (χ1n) is 9.36. The number of H-pyrrole nitrogens is 1. The molecule has 1 N–H and O–H groups in total. The summed E-state index contributed by atoms with van der Waals surface area (Å²) in [6.45, 7) is 4.23. The molecule has 4 aromatic rings. The minimum atomic E-state index is -0.0663. The van der Waals surface area contributed by atoms with Crippen molar-refractivity contribution in [2.75, 3.05) is 6.54 Å². The summed E-state index contributed by atoms with van der Waals surface area (Å²) in [5, 5.41) is 0. The lowest BCUT2D eigenvalue weighted by atomic mass is 10.1. The zero-order chi connectivity index (χ0) is 19.1. The van der Waals surface area contributed by atoms with Gasteiger partial charge < -0.3 is 9.38 Å². The molecule has 7 heteroatoms. The molecular weight excluding hydrogens is 352 g/mol. The van der Waals surface area contributed by atoms with E-state index in [1.165, 1.54) is 0 Å². The summed E-state index contributed by atoms with van der Waals surface area (Å²) in [6, 6.07) is 9.76. The lowest BCUT2D eigenvalue weighted by Gasteiger charge is -2.27. The molecule has 7 nitrogen and oxygen atoms in total. The summed E-state index contributed by atoms with van der Waals surface area (Å²) in [4.78, 5) is 31.4. The predicted octanol–water partition coefficient (Wildman–Crippen LogP) is 2.35. The Morgan fingerprint density at radius 1 is 1.18 bits per heavy atom. The fraction of sp³-hybridized carbons (Fsp3) is 0.238. The third-order valence-electron chi connectivity index (χ3n) is 5.29. The van der Waals surface area contributed by atoms with Crippen LogP contribution in [0.3, 0.4) is 0 Å². The van der Waals surface area contributed by atoms with Gasteiger partial charge in [0.15, 0.2) is 0 Å². The second-order valence-corrected chi connectivity index (χ2v) is 7.11. The summed E-state index contributed by atoms with van der Waals surface area (Å²) in [5.41, 5.74) is 5.54. The predicted molar refractivity (Wildman–Crippen MR) is 106 cm³/mol. The number of nitrogens with zero attached hydrogens (tertiary/aromatic N) is 5. The molecule has 0 bridgehead atoms. The summed E-state index contributed by atoms with van der Waals surface area (Å²) >= 11 is 0. The zero-order valence-corrected chi connectivity index (χ0v) is 15.6. The molecule has 0 radical (unpaired) electrons. The standard InChI is InChI=1S/C21H20N6O/c1-14-18(27-9-3-2-6-19(27)23-14)13-26-10-7-17-16(12-26)21(28)25-20(24-17)15-5-4-8-22-11-15/h2-6,8-9,11H,7,10,12-13H2,1H3,(H,24,25,28). The van der Waals surface area contributed by atoms with Crippen molar-refractivity contribution < 1.29 is 0 Å². The number of aromatic amines is 1. The molecule has 0 unspecified atom stereocenters. The average Bonchev–Trinajstić information content (AvgIpc) is 3.04. The molecular formula is C21H20N6O. The number of nitrogens with one attached hydrogen (secondary N) is 1. The van der Waals surface area contributed by atoms with Gasteiger partial charge in [0.1, 0.15) is 11.5 Å². The first-order valence-corrected chi connectivity index (χ1v) is 9.36. The van der Waals surface area contributed by atoms with Crippen molar-refractivity contribution >= 4 is 5.65 Å². The highest BCUT2D eigenvalue weighted by Gasteiger charge is 2.23. The molecule has 0 atom stereocenters. The van der Waals surface area contributed by atoms with Gasteiger partial charge >= 0.3 is 0 Å². The van der Waals surface area contributed by atoms with Gasteiger partial charge in [-0.3, -0.25) is 14.7 Å². The smallest absolute Gasteiger partial charge is 0.255 e. The van der Waals surface area contributed by atoms with Gasteiger partial charge in [0.05, 0.1) is 22.6 Å². The number of fused-ring (bicyclic) bond motifs is 2. The van der Waals surface area contributed by atoms with E-state index in [2.05, 4.69) is 24.3 Å². The van der Waals surface area contributed by atoms with Gasteiger partial charge in [0.25, 0.3) is 5.56 Å². The molecule has 0 amide bonds. The lowest BCUT2D eigenvalue weighted by Crippen LogP contribution is -2.35. The van der Waals surface area contributed by atoms with Crippen LogP contribution < -0.4 is 5.56 Å². The van der Waals surface area contributed by atoms with Crippen LogP contribution in [0.25, 0.3) is 17.0 Å². The van der Waals surface area contributed by atoms with Gasteiger partial charge in [0.2, 0.25) is 0 Å². The van der Waals surface area contributed by atoms with Crippen LogP contribution in [0, 0.1) is 6.92 Å². The second kappa shape index (κ2) is 6.69. The van der Waals surface area contributed by atoms with Crippen LogP contribution in [-0.4, -0.2) is 35.8 Å². The molecule has 140 valence electrons. The fourth-order valence-electron chi connectivity index (χ4n) is 3.82. The van der Waals surface area contributed by atoms with E-state index in [1.54, 1.807) is 12.4 Å². The van der Waals surface area contributed by atoms with Crippen molar-refractivity contribution in [3.05, 3.63) is 81.9 Å². The van der Waals surface area contributed by atoms with Crippen LogP contribution in [0.5, 0.6) is 0 Å². The highest BCUT2D eigenvalue weighted by Crippen LogP contribution is 2.21. The first kappa shape index (κ1) is 16.8. The molecule has 1 aliphatic heterocycles. The van der Waals surface area contributed by atoms with E-state index in [1.807, 2.05) is 43.5 Å². The SMILES string of the molecule is Cc1nc2ccccn2c1CN1CCc2nc(-c3cccnc3)[nH]c(=O)c2C1. The highest BCUT2D eigenvalue weighted by molar-refractivity contribution is 5.53. The molecule has 5 rings (SSSR count). The third kappa shape index (κ3) is 2.90. The second-order valence-electron chi connectivity index (χ2n) is 7.11. The van der Waals surface area contributed by atoms with Crippen molar-refractivity contribution in [1.29, 1.82) is 0 Å². The van der Waals surface area contributed by atoms with E-state index in [9.17, 15) is 4.79 Å². The first-order chi connectivity index (χ1) is 13.7. The summed E-state index contributed by atoms with van der Waals surface area (Å²) < 4.78 is 2.12. The van der Waals surface area contributed by atoms with E-state index in [4.69, 9.17) is 4.98 Å². The van der Waals surface area contributed by atoms with E-state index in [0.717, 1.165) is 53.4 Å². The van der Waals surface area contributed by atoms with Gasteiger partial charge in [-0.15, -0.1) is 0 Å². The number of aryl methyl sites for hydroxylation is 1. The Kier molecular flexibility index (Phi) is 4.02. The van der Waals surface area contributed by atoms with Gasteiger partial charge in [-0.05, 0) is 31.2 Å². The summed E-state index contributed by atoms with van der Waals surface area (Å²) in [5.74, 6) is 0.586. The third-order valence-corrected chi connectivity index (χ3v) is 5.29. The Labute approximate surface area is 161 Å². The summed E-state index contributed by atoms with van der Waals surface area (Å²) in [6.07, 6.45) is 6.22. The van der Waals surface area contributed by atoms with Gasteiger partial charge in [-0.1, -0.05) is 6.07 Å². The van der Waals surface area contributed by atoms with Crippen LogP contribution in [-0.2, 0) is 19.5 Å². The normalized spacial score (nSPS) is 14.3. The van der Waals surface area contributed by atoms with Crippen LogP contribution in [0.4, 0.5) is 0 Å². The molecule has 1 aliphatic rings. The van der Waals surface area contributed by atoms with Crippen molar-refractivity contribution in [3.8, 4) is 11.4 Å². The van der Waals surface area contributed by atoms with E-state index in [-0.39, 0.29) is 5.56 Å². The van der Waals surface area contributed by atoms with E-state index < -0.39 is 0 Å². The van der Waals surface area contributed by atoms with Crippen molar-refractivity contribution in [3.63, 3.8) is 0 Å². The van der Waals surface area contributed by atoms with Crippen LogP contribution in [0.1, 0.15) is 22.6 Å². The fourth-order valence-corrected chi connectivity index (χ4v) is 3.82. The van der Waals surface area contributed by atoms with Crippen LogP contribution in [0.15, 0.2) is 53.7 Å². The number of hydrogen-bond donors (Lipinski definition) is 1.